The number of ether oxygens (including phenoxy) is 2. The van der Waals surface area contributed by atoms with Crippen molar-refractivity contribution in [1.82, 2.24) is 0 Å². The molecule has 1 aliphatic carbocycles. The van der Waals surface area contributed by atoms with Crippen molar-refractivity contribution in [2.45, 2.75) is 5.79 Å². The first-order chi connectivity index (χ1) is 6.38. The number of fused-ring (bicyclic) bond motifs is 1. The van der Waals surface area contributed by atoms with E-state index in [1.807, 2.05) is 18.2 Å². The molecule has 0 atom stereocenters. The number of hydrogen-bond donors (Lipinski definition) is 0. The van der Waals surface area contributed by atoms with Crippen LogP contribution in [0.3, 0.4) is 0 Å². The van der Waals surface area contributed by atoms with E-state index < -0.39 is 5.79 Å². The molecule has 2 heterocycles. The van der Waals surface area contributed by atoms with Crippen LogP contribution in [0.4, 0.5) is 0 Å². The first kappa shape index (κ1) is 7.17. The van der Waals surface area contributed by atoms with E-state index in [4.69, 9.17) is 9.47 Å². The lowest BCUT2D eigenvalue weighted by molar-refractivity contribution is -0.0747. The van der Waals surface area contributed by atoms with E-state index in [1.54, 1.807) is 6.21 Å². The van der Waals surface area contributed by atoms with Crippen molar-refractivity contribution in [3.63, 3.8) is 0 Å². The number of allylic oxidation sites excluding steroid dienone is 2. The summed E-state index contributed by atoms with van der Waals surface area (Å²) in [7, 11) is 0. The van der Waals surface area contributed by atoms with Crippen LogP contribution in [0, 0.1) is 0 Å². The van der Waals surface area contributed by atoms with Gasteiger partial charge < -0.3 is 9.47 Å². The standard InChI is InChI=1S/C9H8N2O2/c1-2-9(12-3-4-13-9)5-7-6-10-11-8(1)7/h1-2,5-6H,3-4H2. The zero-order chi connectivity index (χ0) is 8.73. The van der Waals surface area contributed by atoms with Crippen LogP contribution >= 0.6 is 0 Å². The molecular formula is C9H8N2O2. The van der Waals surface area contributed by atoms with E-state index in [2.05, 4.69) is 10.2 Å². The van der Waals surface area contributed by atoms with Crippen LogP contribution < -0.4 is 0 Å². The van der Waals surface area contributed by atoms with Gasteiger partial charge in [-0.25, -0.2) is 0 Å². The Morgan fingerprint density at radius 3 is 3.00 bits per heavy atom. The summed E-state index contributed by atoms with van der Waals surface area (Å²) in [6.07, 6.45) is 7.38. The van der Waals surface area contributed by atoms with Gasteiger partial charge in [0, 0.05) is 5.57 Å². The van der Waals surface area contributed by atoms with Crippen molar-refractivity contribution < 1.29 is 9.47 Å². The third-order valence-corrected chi connectivity index (χ3v) is 2.23. The molecular weight excluding hydrogens is 168 g/mol. The molecule has 4 nitrogen and oxygen atoms in total. The van der Waals surface area contributed by atoms with Gasteiger partial charge >= 0.3 is 0 Å². The van der Waals surface area contributed by atoms with Crippen LogP contribution in [-0.4, -0.2) is 30.9 Å². The molecule has 0 amide bonds. The van der Waals surface area contributed by atoms with Gasteiger partial charge in [-0.3, -0.25) is 0 Å². The smallest absolute Gasteiger partial charge is 0.209 e. The van der Waals surface area contributed by atoms with Gasteiger partial charge in [-0.1, -0.05) is 0 Å². The molecule has 13 heavy (non-hydrogen) atoms. The Labute approximate surface area is 75.2 Å². The average Bonchev–Trinajstić information content (AvgIpc) is 2.74. The molecule has 0 saturated carbocycles. The SMILES string of the molecule is C1=CC2(C=C3C=NN=C13)OCCO2. The Balaban J connectivity index is 2.03. The number of hydrogen-bond acceptors (Lipinski definition) is 4. The molecule has 3 aliphatic rings. The molecule has 1 spiro atoms. The van der Waals surface area contributed by atoms with Gasteiger partial charge in [-0.05, 0) is 18.2 Å². The molecule has 1 fully saturated rings. The van der Waals surface area contributed by atoms with Gasteiger partial charge in [-0.15, -0.1) is 0 Å². The van der Waals surface area contributed by atoms with Crippen molar-refractivity contribution >= 4 is 11.9 Å². The minimum atomic E-state index is -0.648. The lowest BCUT2D eigenvalue weighted by Crippen LogP contribution is -2.28. The monoisotopic (exact) mass is 176 g/mol. The third kappa shape index (κ3) is 0.993. The molecule has 0 aromatic rings. The predicted molar refractivity (Wildman–Crippen MR) is 47.8 cm³/mol. The van der Waals surface area contributed by atoms with Gasteiger partial charge in [0.2, 0.25) is 5.79 Å². The minimum absolute atomic E-state index is 0.637. The molecule has 1 saturated heterocycles. The summed E-state index contributed by atoms with van der Waals surface area (Å²) in [6.45, 7) is 1.27. The number of rotatable bonds is 0. The molecule has 3 rings (SSSR count). The maximum Gasteiger partial charge on any atom is 0.209 e. The molecule has 0 N–H and O–H groups in total. The Kier molecular flexibility index (Phi) is 1.31. The van der Waals surface area contributed by atoms with Gasteiger partial charge in [-0.2, -0.15) is 10.2 Å². The van der Waals surface area contributed by atoms with E-state index in [1.165, 1.54) is 0 Å². The van der Waals surface area contributed by atoms with Crippen LogP contribution in [0.2, 0.25) is 0 Å². The Morgan fingerprint density at radius 2 is 2.15 bits per heavy atom. The molecule has 0 bridgehead atoms. The van der Waals surface area contributed by atoms with Crippen molar-refractivity contribution in [3.8, 4) is 0 Å². The number of nitrogens with zero attached hydrogens (tertiary/aromatic N) is 2. The van der Waals surface area contributed by atoms with Crippen molar-refractivity contribution in [2.24, 2.45) is 10.2 Å². The first-order valence-electron chi connectivity index (χ1n) is 4.19. The zero-order valence-corrected chi connectivity index (χ0v) is 6.93. The normalized spacial score (nSPS) is 27.7. The lowest BCUT2D eigenvalue weighted by Gasteiger charge is -2.22. The largest absolute Gasteiger partial charge is 0.341 e. The van der Waals surface area contributed by atoms with Crippen LogP contribution in [0.25, 0.3) is 0 Å². The summed E-state index contributed by atoms with van der Waals surface area (Å²) >= 11 is 0. The Hall–Kier alpha value is -1.26. The van der Waals surface area contributed by atoms with Crippen molar-refractivity contribution in [2.75, 3.05) is 13.2 Å². The maximum atomic E-state index is 5.49. The highest BCUT2D eigenvalue weighted by atomic mass is 16.7. The van der Waals surface area contributed by atoms with E-state index in [-0.39, 0.29) is 0 Å². The minimum Gasteiger partial charge on any atom is -0.341 e. The average molecular weight is 176 g/mol. The van der Waals surface area contributed by atoms with E-state index >= 15 is 0 Å². The van der Waals surface area contributed by atoms with Gasteiger partial charge in [0.15, 0.2) is 0 Å². The van der Waals surface area contributed by atoms with Crippen LogP contribution in [0.5, 0.6) is 0 Å². The fraction of sp³-hybridized carbons (Fsp3) is 0.333. The molecule has 4 heteroatoms. The summed E-state index contributed by atoms with van der Waals surface area (Å²) < 4.78 is 11.0. The second-order valence-corrected chi connectivity index (χ2v) is 3.08. The molecule has 0 unspecified atom stereocenters. The summed E-state index contributed by atoms with van der Waals surface area (Å²) in [6, 6.07) is 0. The third-order valence-electron chi connectivity index (χ3n) is 2.23. The van der Waals surface area contributed by atoms with Crippen LogP contribution in [0.15, 0.2) is 34.0 Å². The molecule has 2 aliphatic heterocycles. The Morgan fingerprint density at radius 1 is 1.31 bits per heavy atom. The lowest BCUT2D eigenvalue weighted by atomic mass is 10.0. The van der Waals surface area contributed by atoms with Crippen molar-refractivity contribution in [1.29, 1.82) is 0 Å². The summed E-state index contributed by atoms with van der Waals surface area (Å²) in [5.74, 6) is -0.648. The molecule has 0 radical (unpaired) electrons. The molecule has 66 valence electrons. The van der Waals surface area contributed by atoms with Crippen LogP contribution in [0.1, 0.15) is 0 Å². The van der Waals surface area contributed by atoms with Crippen LogP contribution in [-0.2, 0) is 9.47 Å². The highest BCUT2D eigenvalue weighted by Crippen LogP contribution is 2.28. The summed E-state index contributed by atoms with van der Waals surface area (Å²) in [5.41, 5.74) is 1.86. The second-order valence-electron chi connectivity index (χ2n) is 3.08. The van der Waals surface area contributed by atoms with Gasteiger partial charge in [0.25, 0.3) is 0 Å². The predicted octanol–water partition coefficient (Wildman–Crippen LogP) is 0.666. The zero-order valence-electron chi connectivity index (χ0n) is 6.93. The quantitative estimate of drug-likeness (QED) is 0.544. The topological polar surface area (TPSA) is 43.2 Å². The highest BCUT2D eigenvalue weighted by Gasteiger charge is 2.35. The maximum absolute atomic E-state index is 5.49. The fourth-order valence-electron chi connectivity index (χ4n) is 1.60. The first-order valence-corrected chi connectivity index (χ1v) is 4.19. The molecule has 0 aromatic carbocycles. The van der Waals surface area contributed by atoms with E-state index in [0.717, 1.165) is 11.3 Å². The highest BCUT2D eigenvalue weighted by molar-refractivity contribution is 6.24. The summed E-state index contributed by atoms with van der Waals surface area (Å²) in [4.78, 5) is 0. The fourth-order valence-corrected chi connectivity index (χ4v) is 1.60. The van der Waals surface area contributed by atoms with E-state index in [0.29, 0.717) is 13.2 Å². The Bertz CT molecular complexity index is 360. The molecule has 0 aromatic heterocycles. The van der Waals surface area contributed by atoms with E-state index in [9.17, 15) is 0 Å². The van der Waals surface area contributed by atoms with Gasteiger partial charge in [0.05, 0.1) is 25.1 Å². The van der Waals surface area contributed by atoms with Gasteiger partial charge in [0.1, 0.15) is 0 Å². The van der Waals surface area contributed by atoms with Crippen molar-refractivity contribution in [3.05, 3.63) is 23.8 Å². The summed E-state index contributed by atoms with van der Waals surface area (Å²) in [5, 5.41) is 7.75. The second kappa shape index (κ2) is 2.37.